The molecule has 1 fully saturated rings. The van der Waals surface area contributed by atoms with Gasteiger partial charge in [0.05, 0.1) is 6.10 Å². The van der Waals surface area contributed by atoms with E-state index in [-0.39, 0.29) is 11.5 Å². The first kappa shape index (κ1) is 12.6. The summed E-state index contributed by atoms with van der Waals surface area (Å²) in [6.45, 7) is 5.90. The van der Waals surface area contributed by atoms with E-state index in [1.807, 2.05) is 0 Å². The van der Waals surface area contributed by atoms with Crippen LogP contribution in [0.5, 0.6) is 0 Å². The van der Waals surface area contributed by atoms with Crippen LogP contribution in [0.2, 0.25) is 0 Å². The molecule has 2 N–H and O–H groups in total. The summed E-state index contributed by atoms with van der Waals surface area (Å²) in [5, 5.41) is 0. The molecule has 2 rings (SSSR count). The first-order valence-corrected chi connectivity index (χ1v) is 6.59. The molecule has 1 aliphatic rings. The number of nitrogens with two attached hydrogens (primary N) is 1. The van der Waals surface area contributed by atoms with Gasteiger partial charge in [-0.1, -0.05) is 31.2 Å². The molecule has 0 spiro atoms. The van der Waals surface area contributed by atoms with Crippen LogP contribution in [-0.4, -0.2) is 19.3 Å². The minimum atomic E-state index is 0.147. The minimum absolute atomic E-state index is 0.147. The van der Waals surface area contributed by atoms with E-state index in [4.69, 9.17) is 10.5 Å². The van der Waals surface area contributed by atoms with Crippen molar-refractivity contribution in [3.8, 4) is 0 Å². The Morgan fingerprint density at radius 3 is 2.41 bits per heavy atom. The molecule has 0 radical (unpaired) electrons. The zero-order valence-electron chi connectivity index (χ0n) is 10.9. The third kappa shape index (κ3) is 2.53. The second-order valence-electron chi connectivity index (χ2n) is 5.18. The summed E-state index contributed by atoms with van der Waals surface area (Å²) in [6.07, 6.45) is 3.50. The SMILES string of the molecule is CCc1ccc(CC2(CN)CCOC2C)cc1. The number of hydrogen-bond donors (Lipinski definition) is 1. The lowest BCUT2D eigenvalue weighted by Crippen LogP contribution is -2.38. The number of rotatable bonds is 4. The van der Waals surface area contributed by atoms with E-state index < -0.39 is 0 Å². The van der Waals surface area contributed by atoms with Gasteiger partial charge in [0.1, 0.15) is 0 Å². The van der Waals surface area contributed by atoms with Crippen molar-refractivity contribution in [3.63, 3.8) is 0 Å². The Hall–Kier alpha value is -0.860. The van der Waals surface area contributed by atoms with Crippen LogP contribution in [0.4, 0.5) is 0 Å². The molecule has 0 bridgehead atoms. The van der Waals surface area contributed by atoms with E-state index in [1.165, 1.54) is 11.1 Å². The molecule has 1 saturated heterocycles. The van der Waals surface area contributed by atoms with Crippen LogP contribution in [0.3, 0.4) is 0 Å². The highest BCUT2D eigenvalue weighted by Crippen LogP contribution is 2.37. The molecule has 0 amide bonds. The monoisotopic (exact) mass is 233 g/mol. The second-order valence-corrected chi connectivity index (χ2v) is 5.18. The maximum absolute atomic E-state index is 5.98. The van der Waals surface area contributed by atoms with Gasteiger partial charge in [-0.15, -0.1) is 0 Å². The van der Waals surface area contributed by atoms with Crippen molar-refractivity contribution in [1.82, 2.24) is 0 Å². The van der Waals surface area contributed by atoms with Crippen LogP contribution in [-0.2, 0) is 17.6 Å². The van der Waals surface area contributed by atoms with Crippen LogP contribution in [0.1, 0.15) is 31.4 Å². The van der Waals surface area contributed by atoms with Crippen LogP contribution in [0, 0.1) is 5.41 Å². The highest BCUT2D eigenvalue weighted by atomic mass is 16.5. The van der Waals surface area contributed by atoms with E-state index in [0.29, 0.717) is 6.54 Å². The lowest BCUT2D eigenvalue weighted by Gasteiger charge is -2.30. The van der Waals surface area contributed by atoms with Gasteiger partial charge in [-0.2, -0.15) is 0 Å². The highest BCUT2D eigenvalue weighted by Gasteiger charge is 2.40. The maximum Gasteiger partial charge on any atom is 0.0619 e. The predicted molar refractivity (Wildman–Crippen MR) is 71.0 cm³/mol. The van der Waals surface area contributed by atoms with Gasteiger partial charge < -0.3 is 10.5 Å². The summed E-state index contributed by atoms with van der Waals surface area (Å²) in [4.78, 5) is 0. The van der Waals surface area contributed by atoms with Gasteiger partial charge in [-0.25, -0.2) is 0 Å². The second kappa shape index (κ2) is 5.19. The van der Waals surface area contributed by atoms with Crippen molar-refractivity contribution in [3.05, 3.63) is 35.4 Å². The van der Waals surface area contributed by atoms with Crippen LogP contribution in [0.15, 0.2) is 24.3 Å². The van der Waals surface area contributed by atoms with Crippen molar-refractivity contribution in [2.75, 3.05) is 13.2 Å². The number of ether oxygens (including phenoxy) is 1. The zero-order valence-corrected chi connectivity index (χ0v) is 10.9. The summed E-state index contributed by atoms with van der Waals surface area (Å²) in [6, 6.07) is 8.92. The third-order valence-corrected chi connectivity index (χ3v) is 4.22. The fraction of sp³-hybridized carbons (Fsp3) is 0.600. The molecule has 1 heterocycles. The summed E-state index contributed by atoms with van der Waals surface area (Å²) in [5.41, 5.74) is 8.90. The van der Waals surface area contributed by atoms with Crippen LogP contribution >= 0.6 is 0 Å². The molecule has 1 aliphatic heterocycles. The van der Waals surface area contributed by atoms with Gasteiger partial charge in [0, 0.05) is 18.6 Å². The summed E-state index contributed by atoms with van der Waals surface area (Å²) in [7, 11) is 0. The molecule has 0 aliphatic carbocycles. The molecule has 0 aromatic heterocycles. The molecule has 2 heteroatoms. The summed E-state index contributed by atoms with van der Waals surface area (Å²) < 4.78 is 5.70. The molecule has 0 saturated carbocycles. The van der Waals surface area contributed by atoms with Crippen molar-refractivity contribution < 1.29 is 4.74 Å². The quantitative estimate of drug-likeness (QED) is 0.867. The largest absolute Gasteiger partial charge is 0.378 e. The molecule has 1 aromatic carbocycles. The van der Waals surface area contributed by atoms with E-state index in [2.05, 4.69) is 38.1 Å². The maximum atomic E-state index is 5.98. The lowest BCUT2D eigenvalue weighted by atomic mass is 9.76. The Balaban J connectivity index is 2.12. The molecule has 2 unspecified atom stereocenters. The van der Waals surface area contributed by atoms with Crippen LogP contribution < -0.4 is 5.73 Å². The fourth-order valence-electron chi connectivity index (χ4n) is 2.69. The number of aryl methyl sites for hydroxylation is 1. The Morgan fingerprint density at radius 2 is 1.94 bits per heavy atom. The Kier molecular flexibility index (Phi) is 3.85. The van der Waals surface area contributed by atoms with E-state index in [9.17, 15) is 0 Å². The first-order chi connectivity index (χ1) is 8.20. The topological polar surface area (TPSA) is 35.2 Å². The van der Waals surface area contributed by atoms with Crippen molar-refractivity contribution in [1.29, 1.82) is 0 Å². The molecular formula is C15H23NO. The summed E-state index contributed by atoms with van der Waals surface area (Å²) in [5.74, 6) is 0. The van der Waals surface area contributed by atoms with E-state index >= 15 is 0 Å². The van der Waals surface area contributed by atoms with Gasteiger partial charge in [0.2, 0.25) is 0 Å². The molecule has 2 atom stereocenters. The normalized spacial score (nSPS) is 28.5. The third-order valence-electron chi connectivity index (χ3n) is 4.22. The average Bonchev–Trinajstić information content (AvgIpc) is 2.72. The number of benzene rings is 1. The fourth-order valence-corrected chi connectivity index (χ4v) is 2.69. The van der Waals surface area contributed by atoms with E-state index in [0.717, 1.165) is 25.9 Å². The van der Waals surface area contributed by atoms with Gasteiger partial charge >= 0.3 is 0 Å². The standard InChI is InChI=1S/C15H23NO/c1-3-13-4-6-14(7-5-13)10-15(11-16)8-9-17-12(15)2/h4-7,12H,3,8-11,16H2,1-2H3. The zero-order chi connectivity index (χ0) is 12.3. The highest BCUT2D eigenvalue weighted by molar-refractivity contribution is 5.24. The number of hydrogen-bond acceptors (Lipinski definition) is 2. The molecule has 94 valence electrons. The molecule has 1 aromatic rings. The van der Waals surface area contributed by atoms with Crippen molar-refractivity contribution in [2.24, 2.45) is 11.1 Å². The van der Waals surface area contributed by atoms with Crippen molar-refractivity contribution >= 4 is 0 Å². The van der Waals surface area contributed by atoms with Gasteiger partial charge in [-0.3, -0.25) is 0 Å². The average molecular weight is 233 g/mol. The Morgan fingerprint density at radius 1 is 1.29 bits per heavy atom. The summed E-state index contributed by atoms with van der Waals surface area (Å²) >= 11 is 0. The van der Waals surface area contributed by atoms with Gasteiger partial charge in [0.25, 0.3) is 0 Å². The lowest BCUT2D eigenvalue weighted by molar-refractivity contribution is 0.0673. The Bertz CT molecular complexity index is 360. The first-order valence-electron chi connectivity index (χ1n) is 6.59. The molecule has 17 heavy (non-hydrogen) atoms. The van der Waals surface area contributed by atoms with Gasteiger partial charge in [-0.05, 0) is 37.3 Å². The van der Waals surface area contributed by atoms with E-state index in [1.54, 1.807) is 0 Å². The van der Waals surface area contributed by atoms with Gasteiger partial charge in [0.15, 0.2) is 0 Å². The van der Waals surface area contributed by atoms with Crippen LogP contribution in [0.25, 0.3) is 0 Å². The molecule has 2 nitrogen and oxygen atoms in total. The minimum Gasteiger partial charge on any atom is -0.378 e. The smallest absolute Gasteiger partial charge is 0.0619 e. The van der Waals surface area contributed by atoms with Crippen molar-refractivity contribution in [2.45, 2.75) is 39.2 Å². The Labute approximate surface area is 104 Å². The predicted octanol–water partition coefficient (Wildman–Crippen LogP) is 2.55. The molecular weight excluding hydrogens is 210 g/mol.